The van der Waals surface area contributed by atoms with Gasteiger partial charge in [-0.15, -0.1) is 0 Å². The highest BCUT2D eigenvalue weighted by atomic mass is 16.5. The van der Waals surface area contributed by atoms with E-state index in [9.17, 15) is 0 Å². The van der Waals surface area contributed by atoms with Crippen LogP contribution in [0.3, 0.4) is 0 Å². The topological polar surface area (TPSA) is 9.23 Å². The van der Waals surface area contributed by atoms with Gasteiger partial charge in [0.2, 0.25) is 0 Å². The number of hydrogen-bond donors (Lipinski definition) is 0. The van der Waals surface area contributed by atoms with E-state index in [0.717, 1.165) is 24.9 Å². The Bertz CT molecular complexity index is 165. The molecule has 0 aromatic carbocycles. The lowest BCUT2D eigenvalue weighted by Crippen LogP contribution is -2.44. The molecule has 0 radical (unpaired) electrons. The van der Waals surface area contributed by atoms with Gasteiger partial charge in [-0.05, 0) is 37.5 Å². The molecular formula is C12H24O. The zero-order valence-corrected chi connectivity index (χ0v) is 9.76. The Morgan fingerprint density at radius 1 is 1.46 bits per heavy atom. The van der Waals surface area contributed by atoms with E-state index in [-0.39, 0.29) is 5.60 Å². The molecule has 3 atom stereocenters. The Kier molecular flexibility index (Phi) is 3.39. The van der Waals surface area contributed by atoms with Crippen LogP contribution in [-0.2, 0) is 4.74 Å². The van der Waals surface area contributed by atoms with Gasteiger partial charge < -0.3 is 4.74 Å². The minimum absolute atomic E-state index is 0.144. The summed E-state index contributed by atoms with van der Waals surface area (Å²) in [4.78, 5) is 0. The molecule has 0 spiro atoms. The van der Waals surface area contributed by atoms with Gasteiger partial charge in [-0.25, -0.2) is 0 Å². The van der Waals surface area contributed by atoms with Crippen molar-refractivity contribution in [1.82, 2.24) is 0 Å². The molecule has 0 saturated carbocycles. The molecule has 1 rings (SSSR count). The van der Waals surface area contributed by atoms with Crippen LogP contribution in [0.1, 0.15) is 47.5 Å². The molecule has 3 unspecified atom stereocenters. The third kappa shape index (κ3) is 2.25. The van der Waals surface area contributed by atoms with Gasteiger partial charge in [0.1, 0.15) is 0 Å². The van der Waals surface area contributed by atoms with E-state index >= 15 is 0 Å². The Morgan fingerprint density at radius 3 is 2.46 bits per heavy atom. The molecule has 1 aliphatic heterocycles. The normalized spacial score (nSPS) is 41.1. The molecule has 1 saturated heterocycles. The first-order valence-electron chi connectivity index (χ1n) is 5.63. The molecule has 1 aliphatic rings. The van der Waals surface area contributed by atoms with Crippen molar-refractivity contribution in [3.8, 4) is 0 Å². The predicted octanol–water partition coefficient (Wildman–Crippen LogP) is 3.48. The number of ether oxygens (including phenoxy) is 1. The van der Waals surface area contributed by atoms with Crippen LogP contribution in [-0.4, -0.2) is 12.2 Å². The summed E-state index contributed by atoms with van der Waals surface area (Å²) in [6.07, 6.45) is 2.47. The molecule has 0 aliphatic carbocycles. The van der Waals surface area contributed by atoms with Crippen LogP contribution in [0.5, 0.6) is 0 Å². The Morgan fingerprint density at radius 2 is 2.08 bits per heavy atom. The summed E-state index contributed by atoms with van der Waals surface area (Å²) >= 11 is 0. The monoisotopic (exact) mass is 184 g/mol. The minimum Gasteiger partial charge on any atom is -0.375 e. The van der Waals surface area contributed by atoms with E-state index in [2.05, 4.69) is 34.6 Å². The number of hydrogen-bond acceptors (Lipinski definition) is 1. The van der Waals surface area contributed by atoms with Crippen molar-refractivity contribution < 1.29 is 4.74 Å². The molecule has 0 bridgehead atoms. The van der Waals surface area contributed by atoms with Crippen LogP contribution in [0.4, 0.5) is 0 Å². The second kappa shape index (κ2) is 4.00. The van der Waals surface area contributed by atoms with Gasteiger partial charge in [0.05, 0.1) is 12.2 Å². The summed E-state index contributed by atoms with van der Waals surface area (Å²) in [6.45, 7) is 12.4. The fraction of sp³-hybridized carbons (Fsp3) is 1.00. The molecule has 1 heterocycles. The van der Waals surface area contributed by atoms with Gasteiger partial charge in [0.15, 0.2) is 0 Å². The summed E-state index contributed by atoms with van der Waals surface area (Å²) in [5.41, 5.74) is 0.144. The number of rotatable bonds is 2. The van der Waals surface area contributed by atoms with Crippen LogP contribution < -0.4 is 0 Å². The smallest absolute Gasteiger partial charge is 0.0677 e. The van der Waals surface area contributed by atoms with E-state index in [4.69, 9.17) is 4.74 Å². The van der Waals surface area contributed by atoms with Crippen molar-refractivity contribution in [1.29, 1.82) is 0 Å². The molecule has 0 N–H and O–H groups in total. The average Bonchev–Trinajstić information content (AvgIpc) is 2.09. The highest BCUT2D eigenvalue weighted by molar-refractivity contribution is 4.86. The van der Waals surface area contributed by atoms with Crippen molar-refractivity contribution in [3.05, 3.63) is 0 Å². The van der Waals surface area contributed by atoms with Gasteiger partial charge in [-0.1, -0.05) is 27.7 Å². The zero-order chi connectivity index (χ0) is 10.1. The second-order valence-electron chi connectivity index (χ2n) is 5.12. The fourth-order valence-corrected chi connectivity index (χ4v) is 2.13. The minimum atomic E-state index is 0.144. The molecule has 78 valence electrons. The Labute approximate surface area is 82.9 Å². The highest BCUT2D eigenvalue weighted by Crippen LogP contribution is 2.37. The molecule has 0 aromatic heterocycles. The quantitative estimate of drug-likeness (QED) is 0.638. The Hall–Kier alpha value is -0.0400. The van der Waals surface area contributed by atoms with E-state index in [0.29, 0.717) is 5.92 Å². The maximum absolute atomic E-state index is 6.00. The largest absolute Gasteiger partial charge is 0.375 e. The lowest BCUT2D eigenvalue weighted by atomic mass is 9.76. The first-order chi connectivity index (χ1) is 5.99. The molecule has 1 nitrogen and oxygen atoms in total. The fourth-order valence-electron chi connectivity index (χ4n) is 2.13. The van der Waals surface area contributed by atoms with Crippen molar-refractivity contribution >= 4 is 0 Å². The van der Waals surface area contributed by atoms with Gasteiger partial charge in [0.25, 0.3) is 0 Å². The van der Waals surface area contributed by atoms with Crippen LogP contribution in [0.15, 0.2) is 0 Å². The molecule has 13 heavy (non-hydrogen) atoms. The van der Waals surface area contributed by atoms with Crippen LogP contribution in [0.2, 0.25) is 0 Å². The zero-order valence-electron chi connectivity index (χ0n) is 9.76. The molecule has 0 aromatic rings. The summed E-state index contributed by atoms with van der Waals surface area (Å²) in [7, 11) is 0. The summed E-state index contributed by atoms with van der Waals surface area (Å²) in [6, 6.07) is 0. The highest BCUT2D eigenvalue weighted by Gasteiger charge is 2.37. The third-order valence-corrected chi connectivity index (χ3v) is 3.97. The van der Waals surface area contributed by atoms with Gasteiger partial charge in [-0.2, -0.15) is 0 Å². The first kappa shape index (κ1) is 11.0. The third-order valence-electron chi connectivity index (χ3n) is 3.97. The maximum Gasteiger partial charge on any atom is 0.0677 e. The van der Waals surface area contributed by atoms with E-state index in [1.807, 2.05) is 0 Å². The SMILES string of the molecule is CCC1(C)OCC(C(C)C)CC1C. The summed E-state index contributed by atoms with van der Waals surface area (Å²) < 4.78 is 6.00. The van der Waals surface area contributed by atoms with Crippen molar-refractivity contribution in [2.45, 2.75) is 53.1 Å². The molecular weight excluding hydrogens is 160 g/mol. The molecule has 1 fully saturated rings. The molecule has 1 heteroatoms. The van der Waals surface area contributed by atoms with Crippen molar-refractivity contribution in [3.63, 3.8) is 0 Å². The summed E-state index contributed by atoms with van der Waals surface area (Å²) in [5.74, 6) is 2.25. The van der Waals surface area contributed by atoms with Crippen molar-refractivity contribution in [2.75, 3.05) is 6.61 Å². The second-order valence-corrected chi connectivity index (χ2v) is 5.12. The molecule has 0 amide bonds. The maximum atomic E-state index is 6.00. The van der Waals surface area contributed by atoms with E-state index in [1.54, 1.807) is 0 Å². The van der Waals surface area contributed by atoms with Crippen molar-refractivity contribution in [2.24, 2.45) is 17.8 Å². The average molecular weight is 184 g/mol. The lowest BCUT2D eigenvalue weighted by molar-refractivity contribution is -0.133. The Balaban J connectivity index is 2.56. The lowest BCUT2D eigenvalue weighted by Gasteiger charge is -2.43. The van der Waals surface area contributed by atoms with Crippen LogP contribution in [0.25, 0.3) is 0 Å². The van der Waals surface area contributed by atoms with E-state index < -0.39 is 0 Å². The summed E-state index contributed by atoms with van der Waals surface area (Å²) in [5, 5.41) is 0. The first-order valence-corrected chi connectivity index (χ1v) is 5.63. The van der Waals surface area contributed by atoms with Crippen LogP contribution >= 0.6 is 0 Å². The van der Waals surface area contributed by atoms with Gasteiger partial charge in [0, 0.05) is 0 Å². The standard InChI is InChI=1S/C12H24O/c1-6-12(5)10(4)7-11(8-13-12)9(2)3/h9-11H,6-8H2,1-5H3. The van der Waals surface area contributed by atoms with E-state index in [1.165, 1.54) is 6.42 Å². The van der Waals surface area contributed by atoms with Gasteiger partial charge in [-0.3, -0.25) is 0 Å². The van der Waals surface area contributed by atoms with Crippen LogP contribution in [0, 0.1) is 17.8 Å². The van der Waals surface area contributed by atoms with Gasteiger partial charge >= 0.3 is 0 Å². The predicted molar refractivity (Wildman–Crippen MR) is 56.8 cm³/mol.